The monoisotopic (exact) mass is 268 g/mol. The number of hydrogen-bond donors (Lipinski definition) is 1. The number of aromatic amines is 1. The van der Waals surface area contributed by atoms with Crippen LogP contribution in [0, 0.1) is 0 Å². The highest BCUT2D eigenvalue weighted by Crippen LogP contribution is 2.30. The summed E-state index contributed by atoms with van der Waals surface area (Å²) in [6.07, 6.45) is 3.10. The van der Waals surface area contributed by atoms with E-state index in [9.17, 15) is 4.79 Å². The second-order valence-electron chi connectivity index (χ2n) is 5.92. The van der Waals surface area contributed by atoms with Crippen LogP contribution in [0.15, 0.2) is 35.1 Å². The highest BCUT2D eigenvalue weighted by Gasteiger charge is 2.22. The Hall–Kier alpha value is -1.90. The third-order valence-corrected chi connectivity index (χ3v) is 4.10. The third kappa shape index (κ3) is 2.53. The minimum atomic E-state index is -0.0300. The molecular weight excluding hydrogens is 248 g/mol. The highest BCUT2D eigenvalue weighted by molar-refractivity contribution is 5.31. The van der Waals surface area contributed by atoms with Gasteiger partial charge in [0.2, 0.25) is 0 Å². The number of aryl methyl sites for hydroxylation is 1. The van der Waals surface area contributed by atoms with E-state index >= 15 is 0 Å². The molecule has 3 nitrogen and oxygen atoms in total. The van der Waals surface area contributed by atoms with Gasteiger partial charge in [-0.2, -0.15) is 0 Å². The minimum absolute atomic E-state index is 0.0300. The molecule has 1 aromatic carbocycles. The smallest absolute Gasteiger partial charge is 0.251 e. The van der Waals surface area contributed by atoms with E-state index in [-0.39, 0.29) is 11.5 Å². The first-order valence-electron chi connectivity index (χ1n) is 7.31. The van der Waals surface area contributed by atoms with Gasteiger partial charge in [-0.1, -0.05) is 38.1 Å². The molecule has 104 valence electrons. The number of nitrogens with one attached hydrogen (secondary N) is 1. The van der Waals surface area contributed by atoms with Crippen molar-refractivity contribution in [3.8, 4) is 0 Å². The van der Waals surface area contributed by atoms with Crippen LogP contribution in [0.1, 0.15) is 54.7 Å². The zero-order valence-electron chi connectivity index (χ0n) is 12.0. The van der Waals surface area contributed by atoms with Crippen LogP contribution in [0.2, 0.25) is 0 Å². The Morgan fingerprint density at radius 2 is 2.00 bits per heavy atom. The number of hydrogen-bond acceptors (Lipinski definition) is 2. The molecular formula is C17H20N2O. The quantitative estimate of drug-likeness (QED) is 0.909. The summed E-state index contributed by atoms with van der Waals surface area (Å²) >= 11 is 0. The average Bonchev–Trinajstić information content (AvgIpc) is 2.46. The van der Waals surface area contributed by atoms with Crippen molar-refractivity contribution in [3.05, 3.63) is 63.3 Å². The van der Waals surface area contributed by atoms with Gasteiger partial charge in [-0.25, -0.2) is 4.98 Å². The minimum Gasteiger partial charge on any atom is -0.310 e. The van der Waals surface area contributed by atoms with E-state index in [2.05, 4.69) is 48.1 Å². The van der Waals surface area contributed by atoms with Gasteiger partial charge in [-0.15, -0.1) is 0 Å². The molecule has 0 amide bonds. The molecule has 20 heavy (non-hydrogen) atoms. The molecule has 0 radical (unpaired) electrons. The van der Waals surface area contributed by atoms with Crippen molar-refractivity contribution in [2.45, 2.75) is 44.9 Å². The number of nitrogens with zero attached hydrogens (tertiary/aromatic N) is 1. The van der Waals surface area contributed by atoms with Crippen molar-refractivity contribution in [1.82, 2.24) is 9.97 Å². The molecule has 0 fully saturated rings. The van der Waals surface area contributed by atoms with E-state index in [0.29, 0.717) is 5.92 Å². The first-order valence-corrected chi connectivity index (χ1v) is 7.31. The number of fused-ring (bicyclic) bond motifs is 1. The van der Waals surface area contributed by atoms with Crippen molar-refractivity contribution >= 4 is 0 Å². The number of rotatable bonds is 2. The lowest BCUT2D eigenvalue weighted by molar-refractivity contribution is 0.548. The zero-order chi connectivity index (χ0) is 14.1. The summed E-state index contributed by atoms with van der Waals surface area (Å²) in [6.45, 7) is 4.14. The molecule has 1 aliphatic rings. The van der Waals surface area contributed by atoms with Crippen LogP contribution in [0.5, 0.6) is 0 Å². The fraction of sp³-hybridized carbons (Fsp3) is 0.412. The van der Waals surface area contributed by atoms with Crippen molar-refractivity contribution in [1.29, 1.82) is 0 Å². The van der Waals surface area contributed by atoms with E-state index in [1.54, 1.807) is 6.07 Å². The SMILES string of the molecule is CC(C)c1cc(=O)[nH]c(C2CCc3ccccc3C2)n1. The molecule has 0 spiro atoms. The average molecular weight is 268 g/mol. The normalized spacial score (nSPS) is 18.1. The van der Waals surface area contributed by atoms with Crippen molar-refractivity contribution in [2.24, 2.45) is 0 Å². The van der Waals surface area contributed by atoms with Crippen LogP contribution in [0.25, 0.3) is 0 Å². The predicted molar refractivity (Wildman–Crippen MR) is 80.2 cm³/mol. The van der Waals surface area contributed by atoms with Gasteiger partial charge in [-0.3, -0.25) is 4.79 Å². The maximum absolute atomic E-state index is 11.8. The number of benzene rings is 1. The van der Waals surface area contributed by atoms with Crippen molar-refractivity contribution in [3.63, 3.8) is 0 Å². The Bertz CT molecular complexity index is 673. The molecule has 0 saturated heterocycles. The fourth-order valence-corrected chi connectivity index (χ4v) is 2.92. The fourth-order valence-electron chi connectivity index (χ4n) is 2.92. The van der Waals surface area contributed by atoms with Gasteiger partial charge in [0.1, 0.15) is 5.82 Å². The van der Waals surface area contributed by atoms with E-state index in [1.165, 1.54) is 11.1 Å². The molecule has 1 atom stereocenters. The maximum Gasteiger partial charge on any atom is 0.251 e. The third-order valence-electron chi connectivity index (χ3n) is 4.10. The number of aromatic nitrogens is 2. The number of H-pyrrole nitrogens is 1. The standard InChI is InChI=1S/C17H20N2O/c1-11(2)15-10-16(20)19-17(18-15)14-8-7-12-5-3-4-6-13(12)9-14/h3-6,10-11,14H,7-9H2,1-2H3,(H,18,19,20). The molecule has 3 rings (SSSR count). The van der Waals surface area contributed by atoms with Gasteiger partial charge >= 0.3 is 0 Å². The zero-order valence-corrected chi connectivity index (χ0v) is 12.0. The van der Waals surface area contributed by atoms with Crippen LogP contribution in [-0.2, 0) is 12.8 Å². The molecule has 1 aliphatic carbocycles. The van der Waals surface area contributed by atoms with Gasteiger partial charge in [-0.05, 0) is 36.3 Å². The predicted octanol–water partition coefficient (Wildman–Crippen LogP) is 3.17. The summed E-state index contributed by atoms with van der Waals surface area (Å²) in [7, 11) is 0. The van der Waals surface area contributed by atoms with Crippen molar-refractivity contribution < 1.29 is 0 Å². The molecule has 0 saturated carbocycles. The first-order chi connectivity index (χ1) is 9.63. The molecule has 1 aromatic heterocycles. The summed E-state index contributed by atoms with van der Waals surface area (Å²) < 4.78 is 0. The lowest BCUT2D eigenvalue weighted by Crippen LogP contribution is -2.20. The van der Waals surface area contributed by atoms with Crippen molar-refractivity contribution in [2.75, 3.05) is 0 Å². The first kappa shape index (κ1) is 13.1. The van der Waals surface area contributed by atoms with Crippen LogP contribution in [-0.4, -0.2) is 9.97 Å². The van der Waals surface area contributed by atoms with Crippen LogP contribution in [0.4, 0.5) is 0 Å². The second kappa shape index (κ2) is 5.23. The molecule has 3 heteroatoms. The topological polar surface area (TPSA) is 45.8 Å². The summed E-state index contributed by atoms with van der Waals surface area (Å²) in [5.41, 5.74) is 3.69. The Balaban J connectivity index is 1.93. The Kier molecular flexibility index (Phi) is 3.43. The highest BCUT2D eigenvalue weighted by atomic mass is 16.1. The van der Waals surface area contributed by atoms with Gasteiger partial charge in [0.25, 0.3) is 5.56 Å². The molecule has 1 unspecified atom stereocenters. The largest absolute Gasteiger partial charge is 0.310 e. The second-order valence-corrected chi connectivity index (χ2v) is 5.92. The maximum atomic E-state index is 11.8. The van der Waals surface area contributed by atoms with Gasteiger partial charge in [0.15, 0.2) is 0 Å². The van der Waals surface area contributed by atoms with Gasteiger partial charge in [0, 0.05) is 12.0 Å². The Labute approximate surface area is 119 Å². The van der Waals surface area contributed by atoms with Crippen LogP contribution in [0.3, 0.4) is 0 Å². The lowest BCUT2D eigenvalue weighted by Gasteiger charge is -2.24. The molecule has 0 bridgehead atoms. The van der Waals surface area contributed by atoms with E-state index in [1.807, 2.05) is 0 Å². The van der Waals surface area contributed by atoms with E-state index < -0.39 is 0 Å². The molecule has 1 heterocycles. The van der Waals surface area contributed by atoms with Gasteiger partial charge in [0.05, 0.1) is 5.69 Å². The molecule has 2 aromatic rings. The molecule has 0 aliphatic heterocycles. The summed E-state index contributed by atoms with van der Waals surface area (Å²) in [4.78, 5) is 19.4. The van der Waals surface area contributed by atoms with Crippen LogP contribution >= 0.6 is 0 Å². The van der Waals surface area contributed by atoms with E-state index in [4.69, 9.17) is 0 Å². The van der Waals surface area contributed by atoms with Gasteiger partial charge < -0.3 is 4.98 Å². The summed E-state index contributed by atoms with van der Waals surface area (Å²) in [5, 5.41) is 0. The van der Waals surface area contributed by atoms with E-state index in [0.717, 1.165) is 30.8 Å². The van der Waals surface area contributed by atoms with Crippen LogP contribution < -0.4 is 5.56 Å². The molecule has 1 N–H and O–H groups in total. The summed E-state index contributed by atoms with van der Waals surface area (Å²) in [6, 6.07) is 10.2. The summed E-state index contributed by atoms with van der Waals surface area (Å²) in [5.74, 6) is 1.47. The Morgan fingerprint density at radius 1 is 1.25 bits per heavy atom. The Morgan fingerprint density at radius 3 is 2.75 bits per heavy atom. The lowest BCUT2D eigenvalue weighted by atomic mass is 9.83.